The Labute approximate surface area is 92.2 Å². The molecule has 2 aliphatic rings. The number of carboxylic acid groups (broad SMARTS) is 1. The molecule has 1 heterocycles. The van der Waals surface area contributed by atoms with E-state index >= 15 is 0 Å². The Morgan fingerprint density at radius 1 is 1.40 bits per heavy atom. The quantitative estimate of drug-likeness (QED) is 0.737. The van der Waals surface area contributed by atoms with Crippen molar-refractivity contribution in [3.8, 4) is 0 Å². The fraction of sp³-hybridized carbons (Fsp3) is 0.900. The second-order valence-electron chi connectivity index (χ2n) is 5.33. The molecule has 0 spiro atoms. The summed E-state index contributed by atoms with van der Waals surface area (Å²) in [5.41, 5.74) is 0. The molecule has 3 unspecified atom stereocenters. The zero-order chi connectivity index (χ0) is 11.4. The summed E-state index contributed by atoms with van der Waals surface area (Å²) in [5, 5.41) is 9.01. The van der Waals surface area contributed by atoms with E-state index < -0.39 is 23.0 Å². The van der Waals surface area contributed by atoms with Gasteiger partial charge in [0.25, 0.3) is 0 Å². The summed E-state index contributed by atoms with van der Waals surface area (Å²) < 4.78 is 13.4. The molecule has 1 N–H and O–H groups in total. The molecule has 0 aromatic rings. The largest absolute Gasteiger partial charge is 0.480 e. The summed E-state index contributed by atoms with van der Waals surface area (Å²) in [6.45, 7) is 5.64. The third-order valence-corrected chi connectivity index (χ3v) is 4.78. The van der Waals surface area contributed by atoms with Crippen molar-refractivity contribution in [2.24, 2.45) is 5.92 Å². The van der Waals surface area contributed by atoms with Gasteiger partial charge in [0.15, 0.2) is 0 Å². The fourth-order valence-electron chi connectivity index (χ4n) is 1.92. The van der Waals surface area contributed by atoms with Crippen LogP contribution < -0.4 is 0 Å². The van der Waals surface area contributed by atoms with Crippen LogP contribution in [0.2, 0.25) is 0 Å². The van der Waals surface area contributed by atoms with Crippen LogP contribution in [0.3, 0.4) is 0 Å². The van der Waals surface area contributed by atoms with Crippen LogP contribution in [0.5, 0.6) is 0 Å². The second kappa shape index (κ2) is 3.28. The first-order chi connectivity index (χ1) is 6.84. The zero-order valence-electron chi connectivity index (χ0n) is 9.27. The fourth-order valence-corrected chi connectivity index (χ4v) is 3.42. The Morgan fingerprint density at radius 3 is 2.27 bits per heavy atom. The molecule has 1 saturated carbocycles. The van der Waals surface area contributed by atoms with Crippen molar-refractivity contribution in [1.82, 2.24) is 4.31 Å². The smallest absolute Gasteiger partial charge is 0.323 e. The van der Waals surface area contributed by atoms with Gasteiger partial charge in [0.05, 0.1) is 10.8 Å². The van der Waals surface area contributed by atoms with Gasteiger partial charge in [-0.25, -0.2) is 8.51 Å². The molecule has 0 bridgehead atoms. The van der Waals surface area contributed by atoms with Crippen LogP contribution in [-0.4, -0.2) is 36.4 Å². The topological polar surface area (TPSA) is 57.4 Å². The van der Waals surface area contributed by atoms with Crippen LogP contribution in [0.1, 0.15) is 33.6 Å². The maximum Gasteiger partial charge on any atom is 0.323 e. The lowest BCUT2D eigenvalue weighted by Crippen LogP contribution is -2.29. The van der Waals surface area contributed by atoms with E-state index in [1.54, 1.807) is 4.31 Å². The average Bonchev–Trinajstić information content (AvgIpc) is 2.94. The van der Waals surface area contributed by atoms with Crippen molar-refractivity contribution < 1.29 is 14.1 Å². The monoisotopic (exact) mass is 231 g/mol. The summed E-state index contributed by atoms with van der Waals surface area (Å²) in [6.07, 6.45) is 2.18. The molecule has 1 aliphatic carbocycles. The van der Waals surface area contributed by atoms with Gasteiger partial charge in [-0.2, -0.15) is 0 Å². The minimum absolute atomic E-state index is 0.0301. The van der Waals surface area contributed by atoms with Gasteiger partial charge in [0.2, 0.25) is 0 Å². The molecule has 0 radical (unpaired) electrons. The third kappa shape index (κ3) is 1.95. The van der Waals surface area contributed by atoms with E-state index in [0.717, 1.165) is 12.8 Å². The van der Waals surface area contributed by atoms with Gasteiger partial charge in [0.1, 0.15) is 17.0 Å². The summed E-state index contributed by atoms with van der Waals surface area (Å²) in [5.74, 6) is -0.359. The van der Waals surface area contributed by atoms with E-state index in [0.29, 0.717) is 5.92 Å². The van der Waals surface area contributed by atoms with E-state index in [1.807, 2.05) is 20.8 Å². The maximum atomic E-state index is 12.1. The molecule has 15 heavy (non-hydrogen) atoms. The molecular weight excluding hydrogens is 214 g/mol. The zero-order valence-corrected chi connectivity index (χ0v) is 10.1. The van der Waals surface area contributed by atoms with Crippen molar-refractivity contribution in [3.63, 3.8) is 0 Å². The Kier molecular flexibility index (Phi) is 2.43. The van der Waals surface area contributed by atoms with Gasteiger partial charge in [-0.1, -0.05) is 0 Å². The molecule has 4 nitrogen and oxygen atoms in total. The Bertz CT molecular complexity index is 319. The number of hydrogen-bond acceptors (Lipinski definition) is 2. The van der Waals surface area contributed by atoms with Crippen molar-refractivity contribution in [1.29, 1.82) is 0 Å². The Morgan fingerprint density at radius 2 is 1.93 bits per heavy atom. The van der Waals surface area contributed by atoms with Gasteiger partial charge in [0, 0.05) is 0 Å². The van der Waals surface area contributed by atoms with Crippen molar-refractivity contribution in [3.05, 3.63) is 0 Å². The molecule has 5 heteroatoms. The number of carboxylic acids is 1. The SMILES string of the molecule is CC(C)(C)[S@@](=O)N1C(C(=O)O)C1C1CC1. The standard InChI is InChI=1S/C10H17NO3S/c1-10(2,3)15(14)11-7(6-4-5-6)8(11)9(12)13/h6-8H,4-5H2,1-3H3,(H,12,13)/t7?,8?,11?,15-/m1/s1. The lowest BCUT2D eigenvalue weighted by atomic mass is 10.2. The van der Waals surface area contributed by atoms with Gasteiger partial charge < -0.3 is 5.11 Å². The first kappa shape index (κ1) is 11.1. The molecule has 1 saturated heterocycles. The minimum atomic E-state index is -1.19. The highest BCUT2D eigenvalue weighted by Gasteiger charge is 2.63. The van der Waals surface area contributed by atoms with Gasteiger partial charge in [-0.15, -0.1) is 0 Å². The molecule has 2 rings (SSSR count). The lowest BCUT2D eigenvalue weighted by molar-refractivity contribution is -0.137. The number of hydrogen-bond donors (Lipinski definition) is 1. The van der Waals surface area contributed by atoms with Crippen LogP contribution in [0, 0.1) is 5.92 Å². The highest BCUT2D eigenvalue weighted by molar-refractivity contribution is 7.84. The first-order valence-electron chi connectivity index (χ1n) is 5.27. The number of aliphatic carboxylic acids is 1. The summed E-state index contributed by atoms with van der Waals surface area (Å²) in [6, 6.07) is -0.472. The van der Waals surface area contributed by atoms with Gasteiger partial charge in [-0.3, -0.25) is 4.79 Å². The van der Waals surface area contributed by atoms with Crippen molar-refractivity contribution in [2.75, 3.05) is 0 Å². The van der Waals surface area contributed by atoms with Crippen molar-refractivity contribution in [2.45, 2.75) is 50.4 Å². The maximum absolute atomic E-state index is 12.1. The summed E-state index contributed by atoms with van der Waals surface area (Å²) in [7, 11) is -1.19. The molecule has 0 aromatic heterocycles. The molecule has 0 amide bonds. The molecule has 4 atom stereocenters. The second-order valence-corrected chi connectivity index (χ2v) is 7.48. The summed E-state index contributed by atoms with van der Waals surface area (Å²) in [4.78, 5) is 11.0. The Hall–Kier alpha value is -0.420. The normalized spacial score (nSPS) is 37.4. The van der Waals surface area contributed by atoms with E-state index in [9.17, 15) is 9.00 Å². The van der Waals surface area contributed by atoms with Crippen LogP contribution in [-0.2, 0) is 15.8 Å². The van der Waals surface area contributed by atoms with Crippen LogP contribution in [0.25, 0.3) is 0 Å². The van der Waals surface area contributed by atoms with E-state index in [2.05, 4.69) is 0 Å². The molecule has 0 aromatic carbocycles. The summed E-state index contributed by atoms with van der Waals surface area (Å²) >= 11 is 0. The molecule has 2 fully saturated rings. The highest BCUT2D eigenvalue weighted by Crippen LogP contribution is 2.49. The van der Waals surface area contributed by atoms with Crippen LogP contribution in [0.4, 0.5) is 0 Å². The first-order valence-corrected chi connectivity index (χ1v) is 6.38. The molecular formula is C10H17NO3S. The van der Waals surface area contributed by atoms with E-state index in [4.69, 9.17) is 5.11 Å². The predicted octanol–water partition coefficient (Wildman–Crippen LogP) is 0.996. The van der Waals surface area contributed by atoms with E-state index in [1.165, 1.54) is 0 Å². The minimum Gasteiger partial charge on any atom is -0.480 e. The number of nitrogens with zero attached hydrogens (tertiary/aromatic N) is 1. The lowest BCUT2D eigenvalue weighted by Gasteiger charge is -2.18. The van der Waals surface area contributed by atoms with Gasteiger partial charge in [-0.05, 0) is 39.5 Å². The highest BCUT2D eigenvalue weighted by atomic mass is 32.2. The molecule has 1 aliphatic heterocycles. The average molecular weight is 231 g/mol. The van der Waals surface area contributed by atoms with E-state index in [-0.39, 0.29) is 10.8 Å². The van der Waals surface area contributed by atoms with Crippen LogP contribution >= 0.6 is 0 Å². The third-order valence-electron chi connectivity index (χ3n) is 2.88. The molecule has 86 valence electrons. The van der Waals surface area contributed by atoms with Crippen molar-refractivity contribution >= 4 is 17.0 Å². The van der Waals surface area contributed by atoms with Gasteiger partial charge >= 0.3 is 5.97 Å². The Balaban J connectivity index is 2.10. The van der Waals surface area contributed by atoms with Crippen LogP contribution in [0.15, 0.2) is 0 Å². The number of rotatable bonds is 3. The predicted molar refractivity (Wildman–Crippen MR) is 57.7 cm³/mol. The number of carbonyl (C=O) groups is 1.